The number of hydrogen-bond donors (Lipinski definition) is 1. The SMILES string of the molecule is CC1CN(CC(C)(N)C#N)C(C)CO1. The zero-order valence-electron chi connectivity index (χ0n) is 9.16. The van der Waals surface area contributed by atoms with E-state index in [4.69, 9.17) is 15.7 Å². The number of ether oxygens (including phenoxy) is 1. The summed E-state index contributed by atoms with van der Waals surface area (Å²) in [5.41, 5.74) is 5.05. The number of nitriles is 1. The van der Waals surface area contributed by atoms with Gasteiger partial charge in [-0.2, -0.15) is 5.26 Å². The first-order chi connectivity index (χ1) is 6.44. The molecule has 0 amide bonds. The summed E-state index contributed by atoms with van der Waals surface area (Å²) in [6, 6.07) is 2.47. The molecule has 1 aliphatic rings. The molecule has 1 heterocycles. The Labute approximate surface area is 85.6 Å². The van der Waals surface area contributed by atoms with Gasteiger partial charge in [-0.3, -0.25) is 4.90 Å². The number of rotatable bonds is 2. The van der Waals surface area contributed by atoms with Crippen LogP contribution in [-0.4, -0.2) is 42.3 Å². The second-order valence-electron chi connectivity index (χ2n) is 4.45. The fraction of sp³-hybridized carbons (Fsp3) is 0.900. The maximum Gasteiger partial charge on any atom is 0.114 e. The number of morpholine rings is 1. The van der Waals surface area contributed by atoms with Crippen LogP contribution in [0.3, 0.4) is 0 Å². The van der Waals surface area contributed by atoms with Crippen LogP contribution in [0.5, 0.6) is 0 Å². The van der Waals surface area contributed by atoms with Crippen molar-refractivity contribution < 1.29 is 4.74 Å². The van der Waals surface area contributed by atoms with Gasteiger partial charge >= 0.3 is 0 Å². The minimum Gasteiger partial charge on any atom is -0.376 e. The van der Waals surface area contributed by atoms with Crippen LogP contribution in [-0.2, 0) is 4.74 Å². The highest BCUT2D eigenvalue weighted by atomic mass is 16.5. The van der Waals surface area contributed by atoms with Gasteiger partial charge in [0.15, 0.2) is 0 Å². The predicted molar refractivity (Wildman–Crippen MR) is 54.7 cm³/mol. The topological polar surface area (TPSA) is 62.3 Å². The molecule has 80 valence electrons. The number of nitrogens with two attached hydrogens (primary N) is 1. The first-order valence-electron chi connectivity index (χ1n) is 5.00. The predicted octanol–water partition coefficient (Wildman–Crippen LogP) is 0.337. The lowest BCUT2D eigenvalue weighted by Crippen LogP contribution is -2.55. The molecule has 4 nitrogen and oxygen atoms in total. The molecule has 4 heteroatoms. The van der Waals surface area contributed by atoms with E-state index in [2.05, 4.69) is 17.9 Å². The Balaban J connectivity index is 2.54. The highest BCUT2D eigenvalue weighted by Crippen LogP contribution is 2.13. The summed E-state index contributed by atoms with van der Waals surface area (Å²) in [5.74, 6) is 0. The van der Waals surface area contributed by atoms with Gasteiger partial charge in [-0.15, -0.1) is 0 Å². The molecule has 1 fully saturated rings. The minimum atomic E-state index is -0.759. The lowest BCUT2D eigenvalue weighted by molar-refractivity contribution is -0.0528. The highest BCUT2D eigenvalue weighted by Gasteiger charge is 2.29. The van der Waals surface area contributed by atoms with Crippen LogP contribution in [0.15, 0.2) is 0 Å². The summed E-state index contributed by atoms with van der Waals surface area (Å²) in [6.07, 6.45) is 0.237. The monoisotopic (exact) mass is 197 g/mol. The molecule has 0 aliphatic carbocycles. The van der Waals surface area contributed by atoms with Gasteiger partial charge in [-0.05, 0) is 20.8 Å². The van der Waals surface area contributed by atoms with Crippen molar-refractivity contribution in [2.45, 2.75) is 38.5 Å². The lowest BCUT2D eigenvalue weighted by Gasteiger charge is -2.39. The van der Waals surface area contributed by atoms with Gasteiger partial charge in [0.25, 0.3) is 0 Å². The van der Waals surface area contributed by atoms with Gasteiger partial charge in [0.05, 0.1) is 18.8 Å². The number of hydrogen-bond acceptors (Lipinski definition) is 4. The van der Waals surface area contributed by atoms with E-state index in [1.54, 1.807) is 6.92 Å². The Kier molecular flexibility index (Phi) is 3.48. The van der Waals surface area contributed by atoms with Crippen molar-refractivity contribution in [2.24, 2.45) is 5.73 Å². The third-order valence-corrected chi connectivity index (χ3v) is 2.52. The van der Waals surface area contributed by atoms with Crippen molar-refractivity contribution in [3.05, 3.63) is 0 Å². The van der Waals surface area contributed by atoms with Gasteiger partial charge in [-0.1, -0.05) is 0 Å². The Bertz CT molecular complexity index is 234. The molecule has 0 bridgehead atoms. The summed E-state index contributed by atoms with van der Waals surface area (Å²) >= 11 is 0. The maximum atomic E-state index is 8.84. The molecular weight excluding hydrogens is 178 g/mol. The van der Waals surface area contributed by atoms with E-state index in [1.807, 2.05) is 6.92 Å². The zero-order valence-corrected chi connectivity index (χ0v) is 9.16. The second-order valence-corrected chi connectivity index (χ2v) is 4.45. The molecule has 0 radical (unpaired) electrons. The standard InChI is InChI=1S/C10H19N3O/c1-8-5-14-9(2)4-13(8)7-10(3,12)6-11/h8-9H,4-5,7,12H2,1-3H3. The van der Waals surface area contributed by atoms with Crippen LogP contribution in [0.4, 0.5) is 0 Å². The molecular formula is C10H19N3O. The number of nitrogens with zero attached hydrogens (tertiary/aromatic N) is 2. The molecule has 0 spiro atoms. The van der Waals surface area contributed by atoms with Crippen LogP contribution >= 0.6 is 0 Å². The van der Waals surface area contributed by atoms with Crippen LogP contribution in [0.25, 0.3) is 0 Å². The Morgan fingerprint density at radius 3 is 2.86 bits per heavy atom. The average Bonchev–Trinajstić information content (AvgIpc) is 2.11. The summed E-state index contributed by atoms with van der Waals surface area (Å²) in [7, 11) is 0. The van der Waals surface area contributed by atoms with Crippen molar-refractivity contribution in [1.82, 2.24) is 4.90 Å². The van der Waals surface area contributed by atoms with E-state index in [9.17, 15) is 0 Å². The molecule has 14 heavy (non-hydrogen) atoms. The fourth-order valence-corrected chi connectivity index (χ4v) is 1.65. The molecule has 0 aromatic rings. The van der Waals surface area contributed by atoms with Crippen molar-refractivity contribution >= 4 is 0 Å². The molecule has 0 saturated carbocycles. The van der Waals surface area contributed by atoms with Crippen LogP contribution in [0, 0.1) is 11.3 Å². The molecule has 1 aliphatic heterocycles. The van der Waals surface area contributed by atoms with E-state index in [1.165, 1.54) is 0 Å². The van der Waals surface area contributed by atoms with E-state index in [0.29, 0.717) is 12.6 Å². The highest BCUT2D eigenvalue weighted by molar-refractivity contribution is 5.03. The van der Waals surface area contributed by atoms with E-state index >= 15 is 0 Å². The Hall–Kier alpha value is -0.630. The molecule has 0 aromatic heterocycles. The van der Waals surface area contributed by atoms with E-state index < -0.39 is 5.54 Å². The maximum absolute atomic E-state index is 8.84. The van der Waals surface area contributed by atoms with Crippen LogP contribution < -0.4 is 5.73 Å². The van der Waals surface area contributed by atoms with Gasteiger partial charge in [-0.25, -0.2) is 0 Å². The third-order valence-electron chi connectivity index (χ3n) is 2.52. The molecule has 1 saturated heterocycles. The Morgan fingerprint density at radius 2 is 2.29 bits per heavy atom. The first kappa shape index (κ1) is 11.4. The Morgan fingerprint density at radius 1 is 1.64 bits per heavy atom. The van der Waals surface area contributed by atoms with Crippen molar-refractivity contribution in [1.29, 1.82) is 5.26 Å². The molecule has 3 unspecified atom stereocenters. The molecule has 2 N–H and O–H groups in total. The van der Waals surface area contributed by atoms with Gasteiger partial charge in [0.1, 0.15) is 5.54 Å². The van der Waals surface area contributed by atoms with Crippen molar-refractivity contribution in [3.8, 4) is 6.07 Å². The smallest absolute Gasteiger partial charge is 0.114 e. The largest absolute Gasteiger partial charge is 0.376 e. The summed E-state index contributed by atoms with van der Waals surface area (Å²) in [6.45, 7) is 8.09. The lowest BCUT2D eigenvalue weighted by atomic mass is 10.0. The van der Waals surface area contributed by atoms with Crippen molar-refractivity contribution in [2.75, 3.05) is 19.7 Å². The van der Waals surface area contributed by atoms with E-state index in [0.717, 1.165) is 13.2 Å². The molecule has 1 rings (SSSR count). The van der Waals surface area contributed by atoms with Gasteiger partial charge in [0, 0.05) is 19.1 Å². The first-order valence-corrected chi connectivity index (χ1v) is 5.00. The average molecular weight is 197 g/mol. The van der Waals surface area contributed by atoms with Gasteiger partial charge < -0.3 is 10.5 Å². The zero-order chi connectivity index (χ0) is 10.8. The normalized spacial score (nSPS) is 33.4. The van der Waals surface area contributed by atoms with Gasteiger partial charge in [0.2, 0.25) is 0 Å². The summed E-state index contributed by atoms with van der Waals surface area (Å²) < 4.78 is 5.50. The summed E-state index contributed by atoms with van der Waals surface area (Å²) in [5, 5.41) is 8.84. The van der Waals surface area contributed by atoms with Crippen LogP contribution in [0.2, 0.25) is 0 Å². The second kappa shape index (κ2) is 4.26. The van der Waals surface area contributed by atoms with E-state index in [-0.39, 0.29) is 6.10 Å². The third kappa shape index (κ3) is 2.95. The quantitative estimate of drug-likeness (QED) is 0.693. The minimum absolute atomic E-state index is 0.237. The van der Waals surface area contributed by atoms with Crippen LogP contribution in [0.1, 0.15) is 20.8 Å². The summed E-state index contributed by atoms with van der Waals surface area (Å²) in [4.78, 5) is 2.22. The molecule has 0 aromatic carbocycles. The van der Waals surface area contributed by atoms with Crippen molar-refractivity contribution in [3.63, 3.8) is 0 Å². The fourth-order valence-electron chi connectivity index (χ4n) is 1.65. The molecule has 3 atom stereocenters.